The van der Waals surface area contributed by atoms with E-state index in [9.17, 15) is 0 Å². The molecule has 2 nitrogen and oxygen atoms in total. The SMILES string of the molecule is [CaH2].[O]=[BiH].[O]=[Cu].[SrH2]. The molecule has 0 aliphatic carbocycles. The van der Waals surface area contributed by atoms with Gasteiger partial charge in [-0.15, -0.1) is 0 Å². The third-order valence-corrected chi connectivity index (χ3v) is 0. The Morgan fingerprint density at radius 1 is 1.17 bits per heavy atom. The summed E-state index contributed by atoms with van der Waals surface area (Å²) >= 11 is 2.99. The van der Waals surface area contributed by atoms with E-state index in [-0.39, 0.29) is 108 Å². The Balaban J connectivity index is -0.00000000500. The standard InChI is InChI=1S/Bi.Ca.Cu.2O.Sr.5H. The summed E-state index contributed by atoms with van der Waals surface area (Å²) in [5.41, 5.74) is 0. The van der Waals surface area contributed by atoms with Crippen molar-refractivity contribution in [2.24, 2.45) is 0 Å². The van der Waals surface area contributed by atoms with Crippen LogP contribution < -0.4 is 0 Å². The molecule has 6 heteroatoms. The molecule has 0 atom stereocenters. The molecule has 0 unspecified atom stereocenters. The first-order chi connectivity index (χ1) is 2.00. The predicted octanol–water partition coefficient (Wildman–Crippen LogP) is -2.72. The Kier molecular flexibility index (Phi) is 141. The van der Waals surface area contributed by atoms with Crippen LogP contribution in [0, 0.1) is 0 Å². The van der Waals surface area contributed by atoms with E-state index in [0.29, 0.717) is 0 Å². The third kappa shape index (κ3) is 25.1. The maximum absolute atomic E-state index is 8.39. The molecular formula is H5BiCaCuO2Sr. The molecule has 0 amide bonds. The number of hydrogen-bond acceptors (Lipinski definition) is 2. The topological polar surface area (TPSA) is 34.1 Å². The van der Waals surface area contributed by atoms with Crippen LogP contribution in [0.2, 0.25) is 0 Å². The van der Waals surface area contributed by atoms with Crippen LogP contribution in [0.3, 0.4) is 0 Å². The van der Waals surface area contributed by atoms with Crippen molar-refractivity contribution in [3.8, 4) is 0 Å². The Hall–Kier alpha value is 3.74. The van der Waals surface area contributed by atoms with Gasteiger partial charge in [0.2, 0.25) is 0 Å². The summed E-state index contributed by atoms with van der Waals surface area (Å²) in [5, 5.41) is 0. The predicted molar refractivity (Wildman–Crippen MR) is 25.6 cm³/mol. The van der Waals surface area contributed by atoms with Crippen LogP contribution in [0.4, 0.5) is 0 Å². The minimum absolute atomic E-state index is 0. The number of rotatable bonds is 0. The van der Waals surface area contributed by atoms with Gasteiger partial charge in [-0.2, -0.15) is 0 Å². The Morgan fingerprint density at radius 2 is 1.17 bits per heavy atom. The van der Waals surface area contributed by atoms with Crippen LogP contribution in [0.1, 0.15) is 0 Å². The summed E-state index contributed by atoms with van der Waals surface area (Å²) in [6, 6.07) is 0. The number of hydrogen-bond donors (Lipinski definition) is 0. The average Bonchev–Trinajstić information content (AvgIpc) is 1.50. The van der Waals surface area contributed by atoms with Crippen molar-refractivity contribution in [1.29, 1.82) is 0 Å². The van der Waals surface area contributed by atoms with Crippen molar-refractivity contribution in [3.63, 3.8) is 0 Å². The normalized spacial score (nSPS) is 1.67. The van der Waals surface area contributed by atoms with E-state index in [4.69, 9.17) is 6.65 Å². The second kappa shape index (κ2) is 37.4. The van der Waals surface area contributed by atoms with Gasteiger partial charge in [0.15, 0.2) is 0 Å². The summed E-state index contributed by atoms with van der Waals surface area (Å²) in [7, 11) is 0. The molecule has 0 rings (SSSR count). The molecule has 0 radical (unpaired) electrons. The van der Waals surface area contributed by atoms with E-state index in [1.165, 1.54) is 0 Å². The van der Waals surface area contributed by atoms with Crippen LogP contribution in [0.15, 0.2) is 0 Å². The van der Waals surface area contributed by atoms with Gasteiger partial charge in [0.25, 0.3) is 0 Å². The third-order valence-electron chi connectivity index (χ3n) is 0. The fraction of sp³-hybridized carbons (Fsp3) is 0. The molecule has 0 saturated carbocycles. The van der Waals surface area contributed by atoms with Crippen molar-refractivity contribution in [1.82, 2.24) is 0 Å². The van der Waals surface area contributed by atoms with Crippen LogP contribution in [-0.2, 0) is 22.6 Å². The van der Waals surface area contributed by atoms with Crippen LogP contribution in [0.25, 0.3) is 0 Å². The quantitative estimate of drug-likeness (QED) is 0.386. The molecule has 0 N–H and O–H groups in total. The second-order valence-corrected chi connectivity index (χ2v) is 0. The van der Waals surface area contributed by atoms with Crippen LogP contribution in [-0.4, -0.2) is 108 Å². The molecule has 0 aromatic heterocycles. The summed E-state index contributed by atoms with van der Waals surface area (Å²) < 4.78 is 16.2. The fourth-order valence-electron chi connectivity index (χ4n) is 0. The molecule has 0 fully saturated rings. The van der Waals surface area contributed by atoms with Crippen LogP contribution >= 0.6 is 0 Å². The van der Waals surface area contributed by atoms with Crippen molar-refractivity contribution in [2.45, 2.75) is 0 Å². The molecule has 0 aromatic rings. The van der Waals surface area contributed by atoms with Crippen molar-refractivity contribution in [3.05, 3.63) is 0 Å². The zero-order chi connectivity index (χ0) is 4.00. The van der Waals surface area contributed by atoms with Gasteiger partial charge in [0.05, 0.1) is 0 Å². The van der Waals surface area contributed by atoms with Crippen molar-refractivity contribution >= 4 is 108 Å². The zero-order valence-corrected chi connectivity index (χ0v) is 6.45. The van der Waals surface area contributed by atoms with E-state index < -0.39 is 0 Å². The fourth-order valence-corrected chi connectivity index (χ4v) is 0. The monoisotopic (exact) mass is 437 g/mol. The van der Waals surface area contributed by atoms with Crippen LogP contribution in [0.5, 0.6) is 0 Å². The zero-order valence-electron chi connectivity index (χ0n) is 1.62. The molecule has 0 heterocycles. The molecular weight excluding hydrogens is 432 g/mol. The van der Waals surface area contributed by atoms with Gasteiger partial charge in [-0.05, 0) is 0 Å². The molecule has 0 spiro atoms. The average molecular weight is 437 g/mol. The van der Waals surface area contributed by atoms with E-state index >= 15 is 0 Å². The molecule has 37 valence electrons. The summed E-state index contributed by atoms with van der Waals surface area (Å²) in [6.45, 7) is 0. The van der Waals surface area contributed by atoms with Gasteiger partial charge in [0.1, 0.15) is 0 Å². The van der Waals surface area contributed by atoms with Gasteiger partial charge in [-0.25, -0.2) is 0 Å². The summed E-state index contributed by atoms with van der Waals surface area (Å²) in [6.07, 6.45) is 0. The molecule has 0 saturated heterocycles. The van der Waals surface area contributed by atoms with Crippen molar-refractivity contribution in [2.75, 3.05) is 0 Å². The second-order valence-electron chi connectivity index (χ2n) is 0. The Labute approximate surface area is 127 Å². The van der Waals surface area contributed by atoms with Gasteiger partial charge >= 0.3 is 131 Å². The van der Waals surface area contributed by atoms with Gasteiger partial charge in [-0.1, -0.05) is 0 Å². The van der Waals surface area contributed by atoms with E-state index in [0.717, 1.165) is 0 Å². The summed E-state index contributed by atoms with van der Waals surface area (Å²) in [5.74, 6) is 0. The van der Waals surface area contributed by atoms with E-state index in [1.54, 1.807) is 0 Å². The van der Waals surface area contributed by atoms with E-state index in [2.05, 4.69) is 15.9 Å². The Morgan fingerprint density at radius 3 is 1.17 bits per heavy atom. The first kappa shape index (κ1) is 22.6. The molecule has 0 aliphatic rings. The Bertz CT molecular complexity index is 15.5. The minimum atomic E-state index is 0. The maximum atomic E-state index is 8.39. The first-order valence-electron chi connectivity index (χ1n) is 0.327. The van der Waals surface area contributed by atoms with E-state index in [1.807, 2.05) is 0 Å². The first-order valence-corrected chi connectivity index (χ1v) is 2.30. The molecule has 0 aromatic carbocycles. The van der Waals surface area contributed by atoms with Gasteiger partial charge in [-0.3, -0.25) is 0 Å². The molecule has 0 bridgehead atoms. The van der Waals surface area contributed by atoms with Crippen molar-refractivity contribution < 1.29 is 22.6 Å². The van der Waals surface area contributed by atoms with Gasteiger partial charge < -0.3 is 0 Å². The molecule has 0 aliphatic heterocycles. The van der Waals surface area contributed by atoms with Gasteiger partial charge in [0, 0.05) is 0 Å². The summed E-state index contributed by atoms with van der Waals surface area (Å²) in [4.78, 5) is 0. The molecule has 6 heavy (non-hydrogen) atoms.